The third-order valence-corrected chi connectivity index (χ3v) is 8.75. The van der Waals surface area contributed by atoms with Crippen molar-refractivity contribution in [3.8, 4) is 6.07 Å². The largest absolute Gasteiger partial charge is 0.481 e. The summed E-state index contributed by atoms with van der Waals surface area (Å²) in [6.07, 6.45) is 6.89. The first-order valence-corrected chi connectivity index (χ1v) is 10.8. The van der Waals surface area contributed by atoms with Gasteiger partial charge in [-0.15, -0.1) is 0 Å². The normalized spacial score (nSPS) is 47.0. The van der Waals surface area contributed by atoms with Crippen molar-refractivity contribution in [3.63, 3.8) is 0 Å². The molecule has 7 atom stereocenters. The van der Waals surface area contributed by atoms with Gasteiger partial charge in [-0.3, -0.25) is 4.79 Å². The van der Waals surface area contributed by atoms with Crippen LogP contribution in [0.25, 0.3) is 0 Å². The molecule has 0 aromatic heterocycles. The van der Waals surface area contributed by atoms with Crippen molar-refractivity contribution >= 4 is 5.97 Å². The van der Waals surface area contributed by atoms with Crippen LogP contribution in [0, 0.1) is 57.2 Å². The van der Waals surface area contributed by atoms with E-state index in [-0.39, 0.29) is 17.8 Å². The lowest BCUT2D eigenvalue weighted by Gasteiger charge is -2.57. The van der Waals surface area contributed by atoms with Crippen LogP contribution >= 0.6 is 0 Å². The fraction of sp³-hybridized carbons (Fsp3) is 0.826. The number of nitrogens with zero attached hydrogens (tertiary/aromatic N) is 1. The number of hydrogen-bond acceptors (Lipinski definition) is 3. The molecule has 0 aromatic rings. The van der Waals surface area contributed by atoms with Gasteiger partial charge in [-0.2, -0.15) is 5.26 Å². The summed E-state index contributed by atoms with van der Waals surface area (Å²) in [4.78, 5) is 13.1. The number of ether oxygens (including phenoxy) is 1. The molecule has 4 aliphatic rings. The van der Waals surface area contributed by atoms with Crippen LogP contribution in [-0.2, 0) is 9.53 Å². The second-order valence-electron chi connectivity index (χ2n) is 9.96. The summed E-state index contributed by atoms with van der Waals surface area (Å²) in [5.74, 6) is 0.745. The predicted octanol–water partition coefficient (Wildman–Crippen LogP) is 4.66. The first-order valence-electron chi connectivity index (χ1n) is 10.8. The van der Waals surface area contributed by atoms with Gasteiger partial charge in [0.15, 0.2) is 0 Å². The highest BCUT2D eigenvalue weighted by atomic mass is 16.5. The average molecular weight is 372 g/mol. The van der Waals surface area contributed by atoms with Crippen LogP contribution in [0.5, 0.6) is 0 Å². The van der Waals surface area contributed by atoms with Gasteiger partial charge < -0.3 is 9.84 Å². The fourth-order valence-electron chi connectivity index (χ4n) is 7.94. The molecule has 0 radical (unpaired) electrons. The number of allylic oxidation sites excluding steroid dienone is 1. The Labute approximate surface area is 163 Å². The predicted molar refractivity (Wildman–Crippen MR) is 103 cm³/mol. The molecule has 27 heavy (non-hydrogen) atoms. The van der Waals surface area contributed by atoms with Crippen LogP contribution in [0.15, 0.2) is 11.6 Å². The third-order valence-electron chi connectivity index (χ3n) is 8.75. The van der Waals surface area contributed by atoms with E-state index in [4.69, 9.17) is 4.74 Å². The SMILES string of the molecule is CCCOC[C@]12CC3C(C)CCC3[C@@]3(C#N)CC1C=C(C(C)C)[C@@]23C(=O)O. The second kappa shape index (κ2) is 6.08. The molecule has 1 N–H and O–H groups in total. The second-order valence-corrected chi connectivity index (χ2v) is 9.96. The molecule has 4 nitrogen and oxygen atoms in total. The van der Waals surface area contributed by atoms with E-state index in [0.717, 1.165) is 31.3 Å². The average Bonchev–Trinajstić information content (AvgIpc) is 3.19. The van der Waals surface area contributed by atoms with E-state index in [0.29, 0.717) is 31.5 Å². The van der Waals surface area contributed by atoms with Crippen LogP contribution in [0.4, 0.5) is 0 Å². The zero-order valence-electron chi connectivity index (χ0n) is 17.1. The zero-order chi connectivity index (χ0) is 19.6. The van der Waals surface area contributed by atoms with Gasteiger partial charge in [0.05, 0.1) is 18.1 Å². The minimum absolute atomic E-state index is 0.139. The summed E-state index contributed by atoms with van der Waals surface area (Å²) in [6.45, 7) is 9.70. The van der Waals surface area contributed by atoms with Crippen LogP contribution in [0.1, 0.15) is 59.8 Å². The minimum Gasteiger partial charge on any atom is -0.481 e. The Hall–Kier alpha value is -1.34. The summed E-state index contributed by atoms with van der Waals surface area (Å²) >= 11 is 0. The van der Waals surface area contributed by atoms with Crippen LogP contribution < -0.4 is 0 Å². The topological polar surface area (TPSA) is 70.3 Å². The number of carboxylic acids is 1. The fourth-order valence-corrected chi connectivity index (χ4v) is 7.94. The van der Waals surface area contributed by atoms with Gasteiger partial charge in [0.1, 0.15) is 5.41 Å². The number of hydrogen-bond donors (Lipinski definition) is 1. The first kappa shape index (κ1) is 19.0. The Balaban J connectivity index is 1.94. The Morgan fingerprint density at radius 1 is 1.41 bits per heavy atom. The van der Waals surface area contributed by atoms with Crippen molar-refractivity contribution in [2.24, 2.45) is 45.8 Å². The molecule has 0 spiro atoms. The Morgan fingerprint density at radius 2 is 2.15 bits per heavy atom. The summed E-state index contributed by atoms with van der Waals surface area (Å²) in [7, 11) is 0. The van der Waals surface area contributed by atoms with Gasteiger partial charge in [-0.05, 0) is 55.3 Å². The molecule has 3 fully saturated rings. The van der Waals surface area contributed by atoms with Crippen molar-refractivity contribution in [2.45, 2.75) is 59.8 Å². The van der Waals surface area contributed by atoms with E-state index in [2.05, 4.69) is 39.8 Å². The Bertz CT molecular complexity index is 722. The summed E-state index contributed by atoms with van der Waals surface area (Å²) in [5.41, 5.74) is -1.30. The summed E-state index contributed by atoms with van der Waals surface area (Å²) in [5, 5.41) is 21.3. The minimum atomic E-state index is -1.08. The molecule has 0 amide bonds. The van der Waals surface area contributed by atoms with Crippen molar-refractivity contribution in [3.05, 3.63) is 11.6 Å². The van der Waals surface area contributed by atoms with Gasteiger partial charge in [-0.25, -0.2) is 0 Å². The molecule has 4 rings (SSSR count). The van der Waals surface area contributed by atoms with Gasteiger partial charge in [0.25, 0.3) is 0 Å². The van der Waals surface area contributed by atoms with Gasteiger partial charge in [-0.1, -0.05) is 45.8 Å². The third kappa shape index (κ3) is 1.95. The van der Waals surface area contributed by atoms with E-state index in [1.54, 1.807) is 0 Å². The maximum atomic E-state index is 13.1. The highest BCUT2D eigenvalue weighted by Crippen LogP contribution is 2.83. The van der Waals surface area contributed by atoms with Crippen LogP contribution in [0.3, 0.4) is 0 Å². The van der Waals surface area contributed by atoms with Crippen molar-refractivity contribution in [1.82, 2.24) is 0 Å². The molecule has 4 bridgehead atoms. The van der Waals surface area contributed by atoms with Crippen molar-refractivity contribution in [2.75, 3.05) is 13.2 Å². The monoisotopic (exact) mass is 371 g/mol. The number of carboxylic acid groups (broad SMARTS) is 1. The molecular weight excluding hydrogens is 338 g/mol. The van der Waals surface area contributed by atoms with Crippen LogP contribution in [0.2, 0.25) is 0 Å². The standard InChI is InChI=1S/C23H33NO3/c1-5-8-27-13-22-11-17-15(4)6-7-18(17)21(12-24)10-16(22)9-19(14(2)3)23(21,22)20(25)26/h9,14-18H,5-8,10-11,13H2,1-4H3,(H,25,26)/t15?,16?,17?,18?,21-,22+,23-/m0/s1. The van der Waals surface area contributed by atoms with Crippen molar-refractivity contribution < 1.29 is 14.6 Å². The number of fused-ring (bicyclic) bond motifs is 2. The summed E-state index contributed by atoms with van der Waals surface area (Å²) < 4.78 is 6.09. The van der Waals surface area contributed by atoms with Gasteiger partial charge in [0.2, 0.25) is 0 Å². The van der Waals surface area contributed by atoms with E-state index in [9.17, 15) is 15.2 Å². The summed E-state index contributed by atoms with van der Waals surface area (Å²) in [6, 6.07) is 2.68. The van der Waals surface area contributed by atoms with E-state index in [1.165, 1.54) is 0 Å². The molecule has 0 aromatic carbocycles. The molecular formula is C23H33NO3. The molecule has 0 heterocycles. The number of nitriles is 1. The number of rotatable bonds is 6. The lowest BCUT2D eigenvalue weighted by Crippen LogP contribution is -2.62. The number of aliphatic carboxylic acids is 1. The van der Waals surface area contributed by atoms with Crippen LogP contribution in [-0.4, -0.2) is 24.3 Å². The zero-order valence-corrected chi connectivity index (χ0v) is 17.1. The number of carbonyl (C=O) groups is 1. The van der Waals surface area contributed by atoms with E-state index in [1.807, 2.05) is 0 Å². The Kier molecular flexibility index (Phi) is 4.28. The highest BCUT2D eigenvalue weighted by Gasteiger charge is 2.84. The molecule has 0 saturated heterocycles. The molecule has 4 unspecified atom stereocenters. The maximum Gasteiger partial charge on any atom is 0.316 e. The molecule has 148 valence electrons. The Morgan fingerprint density at radius 3 is 2.74 bits per heavy atom. The maximum absolute atomic E-state index is 13.1. The molecule has 3 saturated carbocycles. The molecule has 4 aliphatic carbocycles. The molecule has 4 heteroatoms. The molecule has 0 aliphatic heterocycles. The lowest BCUT2D eigenvalue weighted by molar-refractivity contribution is -0.179. The van der Waals surface area contributed by atoms with Crippen molar-refractivity contribution in [1.29, 1.82) is 5.26 Å². The quantitative estimate of drug-likeness (QED) is 0.544. The lowest BCUT2D eigenvalue weighted by atomic mass is 9.43. The smallest absolute Gasteiger partial charge is 0.316 e. The van der Waals surface area contributed by atoms with Gasteiger partial charge >= 0.3 is 5.97 Å². The van der Waals surface area contributed by atoms with E-state index < -0.39 is 22.2 Å². The van der Waals surface area contributed by atoms with Gasteiger partial charge in [0, 0.05) is 12.0 Å². The first-order chi connectivity index (χ1) is 12.8. The van der Waals surface area contributed by atoms with E-state index >= 15 is 0 Å². The highest BCUT2D eigenvalue weighted by molar-refractivity contribution is 5.85.